The van der Waals surface area contributed by atoms with Gasteiger partial charge in [0.15, 0.2) is 0 Å². The van der Waals surface area contributed by atoms with Gasteiger partial charge in [0.1, 0.15) is 11.4 Å². The Kier molecular flexibility index (Phi) is 6.57. The Morgan fingerprint density at radius 2 is 1.86 bits per heavy atom. The zero-order valence-electron chi connectivity index (χ0n) is 21.9. The third kappa shape index (κ3) is 4.75. The van der Waals surface area contributed by atoms with Gasteiger partial charge < -0.3 is 19.3 Å². The number of anilines is 1. The Morgan fingerprint density at radius 3 is 2.54 bits per heavy atom. The Bertz CT molecular complexity index is 1220. The van der Waals surface area contributed by atoms with Crippen LogP contribution in [-0.4, -0.2) is 55.1 Å². The van der Waals surface area contributed by atoms with E-state index in [2.05, 4.69) is 4.90 Å². The number of carbonyl (C=O) groups is 1. The summed E-state index contributed by atoms with van der Waals surface area (Å²) in [7, 11) is 1.37. The molecule has 0 aromatic heterocycles. The molecule has 200 valence electrons. The van der Waals surface area contributed by atoms with E-state index >= 15 is 0 Å². The summed E-state index contributed by atoms with van der Waals surface area (Å²) in [5.41, 5.74) is 2.52. The molecule has 2 aromatic carbocycles. The highest BCUT2D eigenvalue weighted by Gasteiger charge is 2.46. The van der Waals surface area contributed by atoms with Crippen molar-refractivity contribution < 1.29 is 27.4 Å². The highest BCUT2D eigenvalue weighted by molar-refractivity contribution is 7.99. The first kappa shape index (κ1) is 26.1. The van der Waals surface area contributed by atoms with E-state index < -0.39 is 17.3 Å². The second-order valence-electron chi connectivity index (χ2n) is 11.0. The number of nitrogens with zero attached hydrogens (tertiary/aromatic N) is 2. The molecule has 37 heavy (non-hydrogen) atoms. The molecule has 0 spiro atoms. The zero-order valence-corrected chi connectivity index (χ0v) is 22.7. The van der Waals surface area contributed by atoms with E-state index in [0.717, 1.165) is 52.9 Å². The number of rotatable bonds is 2. The molecule has 5 rings (SSSR count). The van der Waals surface area contributed by atoms with Crippen LogP contribution in [0.4, 0.5) is 23.7 Å². The monoisotopic (exact) mass is 534 g/mol. The van der Waals surface area contributed by atoms with Crippen molar-refractivity contribution in [2.24, 2.45) is 0 Å². The Labute approximate surface area is 220 Å². The van der Waals surface area contributed by atoms with Crippen LogP contribution in [0.1, 0.15) is 56.2 Å². The number of ether oxygens (including phenoxy) is 2. The summed E-state index contributed by atoms with van der Waals surface area (Å²) in [6, 6.07) is 6.34. The van der Waals surface area contributed by atoms with E-state index in [1.807, 2.05) is 33.8 Å². The number of hydrogen-bond acceptors (Lipinski definition) is 5. The fourth-order valence-electron chi connectivity index (χ4n) is 5.97. The van der Waals surface area contributed by atoms with Gasteiger partial charge in [0.25, 0.3) is 0 Å². The van der Waals surface area contributed by atoms with Crippen LogP contribution in [0.25, 0.3) is 11.1 Å². The van der Waals surface area contributed by atoms with Crippen molar-refractivity contribution in [1.82, 2.24) is 4.90 Å². The number of hydrogen-bond donors (Lipinski definition) is 0. The van der Waals surface area contributed by atoms with Crippen LogP contribution in [0, 0.1) is 6.92 Å². The summed E-state index contributed by atoms with van der Waals surface area (Å²) in [5, 5.41) is 0. The third-order valence-electron chi connectivity index (χ3n) is 7.48. The third-order valence-corrected chi connectivity index (χ3v) is 8.60. The molecule has 3 aliphatic heterocycles. The maximum atomic E-state index is 14.2. The van der Waals surface area contributed by atoms with Gasteiger partial charge in [-0.2, -0.15) is 13.2 Å². The number of halogens is 3. The topological polar surface area (TPSA) is 42.0 Å². The van der Waals surface area contributed by atoms with Crippen molar-refractivity contribution in [2.75, 3.05) is 37.4 Å². The van der Waals surface area contributed by atoms with Crippen molar-refractivity contribution in [3.05, 3.63) is 41.0 Å². The molecule has 5 nitrogen and oxygen atoms in total. The summed E-state index contributed by atoms with van der Waals surface area (Å²) in [5.74, 6) is 1.11. The summed E-state index contributed by atoms with van der Waals surface area (Å²) in [6.45, 7) is 9.49. The molecule has 2 atom stereocenters. The van der Waals surface area contributed by atoms with Gasteiger partial charge in [0, 0.05) is 36.5 Å². The number of thioether (sulfide) groups is 1. The minimum Gasteiger partial charge on any atom is -0.497 e. The van der Waals surface area contributed by atoms with Crippen LogP contribution in [0.5, 0.6) is 5.75 Å². The lowest BCUT2D eigenvalue weighted by molar-refractivity contribution is -0.137. The van der Waals surface area contributed by atoms with Crippen LogP contribution < -0.4 is 9.64 Å². The number of methoxy groups -OCH3 is 1. The fraction of sp³-hybridized carbons (Fsp3) is 0.536. The van der Waals surface area contributed by atoms with E-state index in [1.54, 1.807) is 22.7 Å². The number of amides is 1. The summed E-state index contributed by atoms with van der Waals surface area (Å²) in [6.07, 6.45) is -3.06. The molecule has 1 saturated heterocycles. The van der Waals surface area contributed by atoms with E-state index in [1.165, 1.54) is 13.2 Å². The lowest BCUT2D eigenvalue weighted by Crippen LogP contribution is -2.49. The van der Waals surface area contributed by atoms with Gasteiger partial charge in [0.05, 0.1) is 18.4 Å². The fourth-order valence-corrected chi connectivity index (χ4v) is 7.03. The zero-order chi connectivity index (χ0) is 26.7. The van der Waals surface area contributed by atoms with E-state index in [4.69, 9.17) is 9.47 Å². The minimum absolute atomic E-state index is 0.0150. The predicted molar refractivity (Wildman–Crippen MR) is 140 cm³/mol. The number of benzene rings is 2. The normalized spacial score (nSPS) is 21.3. The van der Waals surface area contributed by atoms with Gasteiger partial charge in [-0.1, -0.05) is 6.07 Å². The molecule has 1 amide bonds. The maximum Gasteiger partial charge on any atom is 0.417 e. The highest BCUT2D eigenvalue weighted by Crippen LogP contribution is 2.54. The quantitative estimate of drug-likeness (QED) is 0.411. The summed E-state index contributed by atoms with van der Waals surface area (Å²) >= 11 is 1.71. The number of fused-ring (bicyclic) bond motifs is 3. The Balaban J connectivity index is 1.64. The molecule has 0 aliphatic carbocycles. The van der Waals surface area contributed by atoms with Crippen molar-refractivity contribution in [3.63, 3.8) is 0 Å². The van der Waals surface area contributed by atoms with E-state index in [9.17, 15) is 18.0 Å². The number of carbonyl (C=O) groups excluding carboxylic acids is 1. The minimum atomic E-state index is -4.52. The van der Waals surface area contributed by atoms with Crippen LogP contribution in [0.2, 0.25) is 0 Å². The summed E-state index contributed by atoms with van der Waals surface area (Å²) in [4.78, 5) is 18.2. The molecule has 2 aromatic rings. The smallest absolute Gasteiger partial charge is 0.417 e. The van der Waals surface area contributed by atoms with Gasteiger partial charge in [-0.05, 0) is 86.7 Å². The maximum absolute atomic E-state index is 14.2. The molecular formula is C28H33F3N2O3S. The average molecular weight is 535 g/mol. The molecule has 0 radical (unpaired) electrons. The second-order valence-corrected chi connectivity index (χ2v) is 12.1. The largest absolute Gasteiger partial charge is 0.497 e. The van der Waals surface area contributed by atoms with Gasteiger partial charge >= 0.3 is 12.3 Å². The van der Waals surface area contributed by atoms with E-state index in [-0.39, 0.29) is 29.4 Å². The second kappa shape index (κ2) is 9.33. The molecule has 9 heteroatoms. The molecule has 0 N–H and O–H groups in total. The first-order valence-electron chi connectivity index (χ1n) is 12.7. The van der Waals surface area contributed by atoms with Crippen LogP contribution >= 0.6 is 11.8 Å². The molecule has 0 saturated carbocycles. The predicted octanol–water partition coefficient (Wildman–Crippen LogP) is 7.10. The Morgan fingerprint density at radius 1 is 1.11 bits per heavy atom. The number of likely N-dealkylation sites (tertiary alicyclic amines) is 1. The molecule has 1 fully saturated rings. The molecule has 3 heterocycles. The van der Waals surface area contributed by atoms with Gasteiger partial charge in [0.2, 0.25) is 0 Å². The standard InChI is InChI=1S/C28H33F3N2O3S/c1-16-19(18-8-7-17(35-5)13-21(18)28(29,30)31)14-23-25-24(16)20-15-32(26(34)36-27(2,3)4)11-9-22(20)33(25)10-6-12-37-23/h7-8,13-14,20,22H,6,9-12,15H2,1-5H3. The molecule has 0 bridgehead atoms. The number of piperidine rings is 1. The Hall–Kier alpha value is -2.55. The van der Waals surface area contributed by atoms with Crippen molar-refractivity contribution >= 4 is 23.5 Å². The molecule has 3 aliphatic rings. The van der Waals surface area contributed by atoms with Crippen LogP contribution in [-0.2, 0) is 10.9 Å². The highest BCUT2D eigenvalue weighted by atomic mass is 32.2. The average Bonchev–Trinajstić information content (AvgIpc) is 3.00. The van der Waals surface area contributed by atoms with Gasteiger partial charge in [-0.3, -0.25) is 0 Å². The van der Waals surface area contributed by atoms with E-state index in [0.29, 0.717) is 18.7 Å². The van der Waals surface area contributed by atoms with Crippen LogP contribution in [0.3, 0.4) is 0 Å². The molecule has 2 unspecified atom stereocenters. The first-order valence-corrected chi connectivity index (χ1v) is 13.7. The number of alkyl halides is 3. The lowest BCUT2D eigenvalue weighted by atomic mass is 9.84. The van der Waals surface area contributed by atoms with Crippen molar-refractivity contribution in [1.29, 1.82) is 0 Å². The van der Waals surface area contributed by atoms with Gasteiger partial charge in [-0.25, -0.2) is 4.79 Å². The lowest BCUT2D eigenvalue weighted by Gasteiger charge is -2.39. The SMILES string of the molecule is COc1ccc(-c2cc3c4c(c2C)C2CN(C(=O)OC(C)(C)C)CCC2N4CCCS3)c(C(F)(F)F)c1. The first-order chi connectivity index (χ1) is 17.4. The van der Waals surface area contributed by atoms with Crippen LogP contribution in [0.15, 0.2) is 29.2 Å². The van der Waals surface area contributed by atoms with Crippen molar-refractivity contribution in [3.8, 4) is 16.9 Å². The van der Waals surface area contributed by atoms with Crippen molar-refractivity contribution in [2.45, 2.75) is 69.2 Å². The summed E-state index contributed by atoms with van der Waals surface area (Å²) < 4.78 is 53.3. The van der Waals surface area contributed by atoms with Gasteiger partial charge in [-0.15, -0.1) is 11.8 Å². The molecular weight excluding hydrogens is 501 g/mol.